The molecular weight excluding hydrogens is 331 g/mol. The molecule has 7 heteroatoms. The van der Waals surface area contributed by atoms with E-state index in [1.807, 2.05) is 4.90 Å². The number of β-amino-alcohol motifs (C(OH)–C–C–N with tert-alkyl or cyclic N) is 1. The molecule has 1 fully saturated rings. The molecule has 0 saturated carbocycles. The van der Waals surface area contributed by atoms with Crippen molar-refractivity contribution in [2.45, 2.75) is 4.90 Å². The summed E-state index contributed by atoms with van der Waals surface area (Å²) in [7, 11) is 0. The molecular formula is C14H18Cl2N2O2S. The SMILES string of the molecule is O=C(CSc1cc(Cl)ccc1Cl)N1CCN(CCO)CC1. The Balaban J connectivity index is 1.81. The van der Waals surface area contributed by atoms with Crippen molar-refractivity contribution in [2.75, 3.05) is 45.1 Å². The molecule has 4 nitrogen and oxygen atoms in total. The van der Waals surface area contributed by atoms with E-state index in [2.05, 4.69) is 4.90 Å². The first-order valence-corrected chi connectivity index (χ1v) is 8.53. The third-order valence-corrected chi connectivity index (χ3v) is 5.10. The van der Waals surface area contributed by atoms with Gasteiger partial charge in [-0.25, -0.2) is 0 Å². The molecule has 2 rings (SSSR count). The maximum absolute atomic E-state index is 12.2. The van der Waals surface area contributed by atoms with Crippen molar-refractivity contribution in [1.29, 1.82) is 0 Å². The normalized spacial score (nSPS) is 16.2. The molecule has 21 heavy (non-hydrogen) atoms. The molecule has 1 aliphatic heterocycles. The van der Waals surface area contributed by atoms with Crippen LogP contribution in [0.1, 0.15) is 0 Å². The number of carbonyl (C=O) groups excluding carboxylic acids is 1. The summed E-state index contributed by atoms with van der Waals surface area (Å²) in [5.74, 6) is 0.472. The van der Waals surface area contributed by atoms with Gasteiger partial charge in [0.15, 0.2) is 0 Å². The zero-order valence-corrected chi connectivity index (χ0v) is 13.9. The van der Waals surface area contributed by atoms with E-state index in [1.165, 1.54) is 11.8 Å². The van der Waals surface area contributed by atoms with E-state index in [0.717, 1.165) is 18.0 Å². The van der Waals surface area contributed by atoms with Crippen LogP contribution >= 0.6 is 35.0 Å². The van der Waals surface area contributed by atoms with Gasteiger partial charge in [-0.1, -0.05) is 23.2 Å². The van der Waals surface area contributed by atoms with Gasteiger partial charge in [0.05, 0.1) is 17.4 Å². The number of amides is 1. The fourth-order valence-electron chi connectivity index (χ4n) is 2.18. The second-order valence-corrected chi connectivity index (χ2v) is 6.67. The van der Waals surface area contributed by atoms with E-state index in [9.17, 15) is 4.79 Å². The lowest BCUT2D eigenvalue weighted by molar-refractivity contribution is -0.130. The maximum Gasteiger partial charge on any atom is 0.233 e. The Labute approximate surface area is 139 Å². The average molecular weight is 349 g/mol. The summed E-state index contributed by atoms with van der Waals surface area (Å²) in [5.41, 5.74) is 0. The van der Waals surface area contributed by atoms with Crippen LogP contribution in [0.2, 0.25) is 10.0 Å². The van der Waals surface area contributed by atoms with Gasteiger partial charge in [-0.15, -0.1) is 11.8 Å². The number of aliphatic hydroxyl groups is 1. The van der Waals surface area contributed by atoms with Crippen molar-refractivity contribution in [3.8, 4) is 0 Å². The molecule has 0 radical (unpaired) electrons. The van der Waals surface area contributed by atoms with Gasteiger partial charge in [-0.3, -0.25) is 9.69 Å². The van der Waals surface area contributed by atoms with Gasteiger partial charge in [-0.2, -0.15) is 0 Å². The van der Waals surface area contributed by atoms with Crippen molar-refractivity contribution in [1.82, 2.24) is 9.80 Å². The predicted molar refractivity (Wildman–Crippen MR) is 87.3 cm³/mol. The Kier molecular flexibility index (Phi) is 6.64. The predicted octanol–water partition coefficient (Wildman–Crippen LogP) is 2.22. The highest BCUT2D eigenvalue weighted by molar-refractivity contribution is 8.00. The second-order valence-electron chi connectivity index (χ2n) is 4.81. The van der Waals surface area contributed by atoms with Crippen LogP contribution in [0.15, 0.2) is 23.1 Å². The van der Waals surface area contributed by atoms with Gasteiger partial charge in [0.25, 0.3) is 0 Å². The highest BCUT2D eigenvalue weighted by atomic mass is 35.5. The number of thioether (sulfide) groups is 1. The fraction of sp³-hybridized carbons (Fsp3) is 0.500. The Morgan fingerprint density at radius 1 is 1.24 bits per heavy atom. The molecule has 0 atom stereocenters. The fourth-order valence-corrected chi connectivity index (χ4v) is 3.58. The van der Waals surface area contributed by atoms with Crippen LogP contribution in [0.3, 0.4) is 0 Å². The third-order valence-electron chi connectivity index (χ3n) is 3.39. The Bertz CT molecular complexity index is 494. The molecule has 0 aromatic heterocycles. The average Bonchev–Trinajstić information content (AvgIpc) is 2.49. The molecule has 1 saturated heterocycles. The monoisotopic (exact) mass is 348 g/mol. The van der Waals surface area contributed by atoms with E-state index in [1.54, 1.807) is 18.2 Å². The molecule has 1 N–H and O–H groups in total. The quantitative estimate of drug-likeness (QED) is 0.828. The highest BCUT2D eigenvalue weighted by Crippen LogP contribution is 2.30. The topological polar surface area (TPSA) is 43.8 Å². The summed E-state index contributed by atoms with van der Waals surface area (Å²) < 4.78 is 0. The van der Waals surface area contributed by atoms with E-state index < -0.39 is 0 Å². The van der Waals surface area contributed by atoms with Crippen LogP contribution in [0, 0.1) is 0 Å². The van der Waals surface area contributed by atoms with Crippen LogP contribution in [0.5, 0.6) is 0 Å². The van der Waals surface area contributed by atoms with Crippen molar-refractivity contribution >= 4 is 40.9 Å². The number of rotatable bonds is 5. The standard InChI is InChI=1S/C14H18Cl2N2O2S/c15-11-1-2-12(16)13(9-11)21-10-14(20)18-5-3-17(4-6-18)7-8-19/h1-2,9,19H,3-8,10H2. The van der Waals surface area contributed by atoms with E-state index in [-0.39, 0.29) is 12.5 Å². The number of benzene rings is 1. The number of hydrogen-bond acceptors (Lipinski definition) is 4. The molecule has 0 aliphatic carbocycles. The van der Waals surface area contributed by atoms with Gasteiger partial charge in [0.1, 0.15) is 0 Å². The van der Waals surface area contributed by atoms with Crippen LogP contribution in [-0.4, -0.2) is 65.9 Å². The lowest BCUT2D eigenvalue weighted by Crippen LogP contribution is -2.49. The van der Waals surface area contributed by atoms with Gasteiger partial charge < -0.3 is 10.0 Å². The number of nitrogens with zero attached hydrogens (tertiary/aromatic N) is 2. The largest absolute Gasteiger partial charge is 0.395 e. The lowest BCUT2D eigenvalue weighted by Gasteiger charge is -2.34. The van der Waals surface area contributed by atoms with Gasteiger partial charge in [0, 0.05) is 42.6 Å². The molecule has 116 valence electrons. The number of aliphatic hydroxyl groups excluding tert-OH is 1. The molecule has 1 heterocycles. The van der Waals surface area contributed by atoms with Gasteiger partial charge >= 0.3 is 0 Å². The molecule has 1 amide bonds. The molecule has 1 aromatic carbocycles. The van der Waals surface area contributed by atoms with E-state index in [0.29, 0.717) is 35.4 Å². The minimum Gasteiger partial charge on any atom is -0.395 e. The zero-order chi connectivity index (χ0) is 15.2. The molecule has 0 bridgehead atoms. The first kappa shape index (κ1) is 16.9. The first-order valence-electron chi connectivity index (χ1n) is 6.79. The number of halogens is 2. The summed E-state index contributed by atoms with van der Waals surface area (Å²) in [4.78, 5) is 17.0. The number of hydrogen-bond donors (Lipinski definition) is 1. The first-order chi connectivity index (χ1) is 10.1. The van der Waals surface area contributed by atoms with Crippen LogP contribution < -0.4 is 0 Å². The highest BCUT2D eigenvalue weighted by Gasteiger charge is 2.20. The molecule has 1 aromatic rings. The van der Waals surface area contributed by atoms with Gasteiger partial charge in [-0.05, 0) is 18.2 Å². The summed E-state index contributed by atoms with van der Waals surface area (Å²) in [5, 5.41) is 10.1. The minimum absolute atomic E-state index is 0.111. The molecule has 1 aliphatic rings. The van der Waals surface area contributed by atoms with Crippen molar-refractivity contribution in [3.63, 3.8) is 0 Å². The molecule has 0 spiro atoms. The summed E-state index contributed by atoms with van der Waals surface area (Å²) in [6.07, 6.45) is 0. The number of carbonyl (C=O) groups is 1. The van der Waals surface area contributed by atoms with Crippen LogP contribution in [0.25, 0.3) is 0 Å². The number of piperazine rings is 1. The van der Waals surface area contributed by atoms with Gasteiger partial charge in [0.2, 0.25) is 5.91 Å². The molecule has 0 unspecified atom stereocenters. The smallest absolute Gasteiger partial charge is 0.233 e. The Hall–Kier alpha value is -0.460. The minimum atomic E-state index is 0.111. The van der Waals surface area contributed by atoms with E-state index in [4.69, 9.17) is 28.3 Å². The maximum atomic E-state index is 12.2. The van der Waals surface area contributed by atoms with Crippen molar-refractivity contribution in [3.05, 3.63) is 28.2 Å². The lowest BCUT2D eigenvalue weighted by atomic mass is 10.3. The Morgan fingerprint density at radius 3 is 2.62 bits per heavy atom. The zero-order valence-electron chi connectivity index (χ0n) is 11.6. The Morgan fingerprint density at radius 2 is 1.95 bits per heavy atom. The van der Waals surface area contributed by atoms with E-state index >= 15 is 0 Å². The van der Waals surface area contributed by atoms with Crippen molar-refractivity contribution < 1.29 is 9.90 Å². The summed E-state index contributed by atoms with van der Waals surface area (Å²) >= 11 is 13.4. The van der Waals surface area contributed by atoms with Crippen molar-refractivity contribution in [2.24, 2.45) is 0 Å². The third kappa shape index (κ3) is 5.04. The van der Waals surface area contributed by atoms with Crippen LogP contribution in [0.4, 0.5) is 0 Å². The summed E-state index contributed by atoms with van der Waals surface area (Å²) in [6.45, 7) is 3.89. The second kappa shape index (κ2) is 8.25. The van der Waals surface area contributed by atoms with Crippen LogP contribution in [-0.2, 0) is 4.79 Å². The summed E-state index contributed by atoms with van der Waals surface area (Å²) in [6, 6.07) is 5.25.